The van der Waals surface area contributed by atoms with Crippen molar-refractivity contribution in [3.05, 3.63) is 5.82 Å². The first-order valence-corrected chi connectivity index (χ1v) is 8.46. The highest BCUT2D eigenvalue weighted by Gasteiger charge is 2.38. The lowest BCUT2D eigenvalue weighted by Crippen LogP contribution is -2.31. The maximum Gasteiger partial charge on any atom is 0.313 e. The molecule has 0 aliphatic carbocycles. The Morgan fingerprint density at radius 2 is 2.00 bits per heavy atom. The third-order valence-electron chi connectivity index (χ3n) is 2.82. The molecule has 0 aromatic carbocycles. The number of hydrogen-bond donors (Lipinski definition) is 1. The van der Waals surface area contributed by atoms with Gasteiger partial charge in [0.15, 0.2) is 20.8 Å². The molecule has 0 spiro atoms. The molecular formula is C10H17N3O4S2. The van der Waals surface area contributed by atoms with Crippen molar-refractivity contribution < 1.29 is 18.3 Å². The molecule has 1 N–H and O–H groups in total. The van der Waals surface area contributed by atoms with Crippen molar-refractivity contribution in [1.29, 1.82) is 0 Å². The van der Waals surface area contributed by atoms with Gasteiger partial charge in [-0.05, 0) is 20.8 Å². The Hall–Kier alpha value is -1.09. The summed E-state index contributed by atoms with van der Waals surface area (Å²) in [4.78, 5) is 10.6. The molecule has 0 amide bonds. The number of hydrogen-bond acceptors (Lipinski definition) is 6. The van der Waals surface area contributed by atoms with E-state index in [1.807, 2.05) is 6.92 Å². The molecule has 9 heteroatoms. The predicted octanol–water partition coefficient (Wildman–Crippen LogP) is 0.754. The molecular weight excluding hydrogens is 290 g/mol. The Kier molecular flexibility index (Phi) is 4.62. The van der Waals surface area contributed by atoms with Crippen LogP contribution in [-0.2, 0) is 25.9 Å². The summed E-state index contributed by atoms with van der Waals surface area (Å²) in [6, 6.07) is 0. The van der Waals surface area contributed by atoms with E-state index in [2.05, 4.69) is 10.2 Å². The molecule has 0 bridgehead atoms. The molecule has 0 fully saturated rings. The van der Waals surface area contributed by atoms with Gasteiger partial charge in [-0.2, -0.15) is 0 Å². The van der Waals surface area contributed by atoms with E-state index in [0.717, 1.165) is 18.0 Å². The monoisotopic (exact) mass is 307 g/mol. The van der Waals surface area contributed by atoms with Crippen LogP contribution in [0.3, 0.4) is 0 Å². The predicted molar refractivity (Wildman–Crippen MR) is 71.9 cm³/mol. The number of carbonyl (C=O) groups is 1. The molecule has 7 nitrogen and oxygen atoms in total. The van der Waals surface area contributed by atoms with E-state index >= 15 is 0 Å². The summed E-state index contributed by atoms with van der Waals surface area (Å²) in [7, 11) is -3.35. The van der Waals surface area contributed by atoms with Gasteiger partial charge >= 0.3 is 5.97 Å². The Morgan fingerprint density at radius 1 is 1.42 bits per heavy atom. The molecule has 0 saturated carbocycles. The number of thioether (sulfide) groups is 1. The second-order valence-corrected chi connectivity index (χ2v) is 8.02. The van der Waals surface area contributed by atoms with Gasteiger partial charge in [0.1, 0.15) is 4.75 Å². The third kappa shape index (κ3) is 3.27. The van der Waals surface area contributed by atoms with E-state index in [0.29, 0.717) is 17.5 Å². The van der Waals surface area contributed by atoms with Crippen molar-refractivity contribution >= 4 is 27.6 Å². The SMILES string of the molecule is CCn1c(SCC(=O)O)nnc1C(C)(C)S(C)(=O)=O. The van der Waals surface area contributed by atoms with E-state index in [1.54, 1.807) is 18.4 Å². The molecule has 1 aromatic rings. The standard InChI is InChI=1S/C10H17N3O4S2/c1-5-13-8(10(2,3)19(4,16)17)11-12-9(13)18-6-7(14)15/h5-6H2,1-4H3,(H,14,15). The summed E-state index contributed by atoms with van der Waals surface area (Å²) in [6.07, 6.45) is 1.14. The summed E-state index contributed by atoms with van der Waals surface area (Å²) in [5.74, 6) is -0.776. The average molecular weight is 307 g/mol. The van der Waals surface area contributed by atoms with Crippen molar-refractivity contribution in [2.45, 2.75) is 37.2 Å². The van der Waals surface area contributed by atoms with Crippen molar-refractivity contribution in [2.75, 3.05) is 12.0 Å². The molecule has 0 aliphatic heterocycles. The fourth-order valence-corrected chi connectivity index (χ4v) is 2.62. The van der Waals surface area contributed by atoms with Crippen LogP contribution in [0, 0.1) is 0 Å². The first-order chi connectivity index (χ1) is 8.61. The van der Waals surface area contributed by atoms with Crippen LogP contribution in [0.15, 0.2) is 5.16 Å². The van der Waals surface area contributed by atoms with Crippen LogP contribution in [-0.4, -0.2) is 46.3 Å². The lowest BCUT2D eigenvalue weighted by atomic mass is 10.2. The zero-order chi connectivity index (χ0) is 14.8. The van der Waals surface area contributed by atoms with Gasteiger partial charge in [-0.1, -0.05) is 11.8 Å². The zero-order valence-corrected chi connectivity index (χ0v) is 12.9. The van der Waals surface area contributed by atoms with Crippen LogP contribution < -0.4 is 0 Å². The number of aliphatic carboxylic acids is 1. The first kappa shape index (κ1) is 16.0. The number of carboxylic acids is 1. The highest BCUT2D eigenvalue weighted by molar-refractivity contribution is 7.99. The summed E-state index contributed by atoms with van der Waals surface area (Å²) >= 11 is 1.02. The lowest BCUT2D eigenvalue weighted by Gasteiger charge is -2.22. The topological polar surface area (TPSA) is 102 Å². The van der Waals surface area contributed by atoms with Crippen LogP contribution in [0.2, 0.25) is 0 Å². The molecule has 0 aliphatic rings. The second kappa shape index (κ2) is 5.49. The highest BCUT2D eigenvalue weighted by atomic mass is 32.2. The van der Waals surface area contributed by atoms with Crippen molar-refractivity contribution in [1.82, 2.24) is 14.8 Å². The zero-order valence-electron chi connectivity index (χ0n) is 11.2. The maximum absolute atomic E-state index is 11.8. The number of carboxylic acid groups (broad SMARTS) is 1. The van der Waals surface area contributed by atoms with Crippen molar-refractivity contribution in [3.8, 4) is 0 Å². The van der Waals surface area contributed by atoms with Crippen molar-refractivity contribution in [3.63, 3.8) is 0 Å². The summed E-state index contributed by atoms with van der Waals surface area (Å²) < 4.78 is 24.1. The minimum atomic E-state index is -3.35. The fraction of sp³-hybridized carbons (Fsp3) is 0.700. The van der Waals surface area contributed by atoms with Gasteiger partial charge in [-0.15, -0.1) is 10.2 Å². The Labute approximate surface area is 116 Å². The molecule has 19 heavy (non-hydrogen) atoms. The molecule has 0 radical (unpaired) electrons. The lowest BCUT2D eigenvalue weighted by molar-refractivity contribution is -0.133. The summed E-state index contributed by atoms with van der Waals surface area (Å²) in [5, 5.41) is 16.9. The van der Waals surface area contributed by atoms with Crippen LogP contribution >= 0.6 is 11.8 Å². The van der Waals surface area contributed by atoms with Crippen LogP contribution in [0.5, 0.6) is 0 Å². The number of nitrogens with zero attached hydrogens (tertiary/aromatic N) is 3. The molecule has 1 aromatic heterocycles. The average Bonchev–Trinajstić information content (AvgIpc) is 2.67. The van der Waals surface area contributed by atoms with Crippen LogP contribution in [0.1, 0.15) is 26.6 Å². The van der Waals surface area contributed by atoms with Gasteiger partial charge in [0.2, 0.25) is 0 Å². The van der Waals surface area contributed by atoms with Crippen molar-refractivity contribution in [2.24, 2.45) is 0 Å². The normalized spacial score (nSPS) is 12.6. The maximum atomic E-state index is 11.8. The van der Waals surface area contributed by atoms with Gasteiger partial charge in [-0.25, -0.2) is 8.42 Å². The summed E-state index contributed by atoms with van der Waals surface area (Å²) in [6.45, 7) is 5.42. The fourth-order valence-electron chi connectivity index (χ4n) is 1.42. The quantitative estimate of drug-likeness (QED) is 0.774. The number of rotatable bonds is 6. The number of sulfone groups is 1. The second-order valence-electron chi connectivity index (χ2n) is 4.52. The van der Waals surface area contributed by atoms with Crippen LogP contribution in [0.25, 0.3) is 0 Å². The van der Waals surface area contributed by atoms with E-state index in [-0.39, 0.29) is 5.75 Å². The molecule has 108 valence electrons. The van der Waals surface area contributed by atoms with Gasteiger partial charge in [0.05, 0.1) is 5.75 Å². The van der Waals surface area contributed by atoms with Gasteiger partial charge in [0.25, 0.3) is 0 Å². The molecule has 0 saturated heterocycles. The minimum Gasteiger partial charge on any atom is -0.481 e. The van der Waals surface area contributed by atoms with E-state index < -0.39 is 20.6 Å². The van der Waals surface area contributed by atoms with Crippen LogP contribution in [0.4, 0.5) is 0 Å². The molecule has 1 rings (SSSR count). The smallest absolute Gasteiger partial charge is 0.313 e. The largest absolute Gasteiger partial charge is 0.481 e. The highest BCUT2D eigenvalue weighted by Crippen LogP contribution is 2.30. The Balaban J connectivity index is 3.21. The molecule has 1 heterocycles. The molecule has 0 unspecified atom stereocenters. The Morgan fingerprint density at radius 3 is 2.42 bits per heavy atom. The van der Waals surface area contributed by atoms with E-state index in [4.69, 9.17) is 5.11 Å². The summed E-state index contributed by atoms with van der Waals surface area (Å²) in [5.41, 5.74) is 0. The van der Waals surface area contributed by atoms with Gasteiger partial charge in [0, 0.05) is 12.8 Å². The van der Waals surface area contributed by atoms with Gasteiger partial charge in [-0.3, -0.25) is 4.79 Å². The van der Waals surface area contributed by atoms with E-state index in [1.165, 1.54) is 0 Å². The third-order valence-corrected chi connectivity index (χ3v) is 5.81. The first-order valence-electron chi connectivity index (χ1n) is 5.59. The van der Waals surface area contributed by atoms with Gasteiger partial charge < -0.3 is 9.67 Å². The van der Waals surface area contributed by atoms with E-state index in [9.17, 15) is 13.2 Å². The molecule has 0 atom stereocenters. The number of aromatic nitrogens is 3. The minimum absolute atomic E-state index is 0.141. The Bertz CT molecular complexity index is 578.